The van der Waals surface area contributed by atoms with Crippen LogP contribution in [-0.4, -0.2) is 35.3 Å². The third kappa shape index (κ3) is 6.44. The number of alkyl halides is 3. The zero-order valence-electron chi connectivity index (χ0n) is 18.4. The second-order valence-corrected chi connectivity index (χ2v) is 8.50. The Morgan fingerprint density at radius 2 is 1.62 bits per heavy atom. The Kier molecular flexibility index (Phi) is 7.72. The molecule has 3 aromatic rings. The van der Waals surface area contributed by atoms with Crippen molar-refractivity contribution in [3.63, 3.8) is 0 Å². The fourth-order valence-electron chi connectivity index (χ4n) is 2.89. The van der Waals surface area contributed by atoms with E-state index in [0.29, 0.717) is 10.8 Å². The number of ether oxygens (including phenoxy) is 1. The zero-order chi connectivity index (χ0) is 24.9. The summed E-state index contributed by atoms with van der Waals surface area (Å²) in [5.74, 6) is -0.0930. The SMILES string of the molecule is COc1ccc(-c2nnc(NC(=O)C(NC(=O)Nc3ccc(C(F)(F)F)cc3)C(C)C)s2)cc1. The molecule has 0 aliphatic rings. The molecule has 1 heterocycles. The van der Waals surface area contributed by atoms with E-state index in [1.54, 1.807) is 33.1 Å². The summed E-state index contributed by atoms with van der Waals surface area (Å²) in [6, 6.07) is 9.52. The fourth-order valence-corrected chi connectivity index (χ4v) is 3.65. The number of methoxy groups -OCH3 is 1. The number of urea groups is 1. The van der Waals surface area contributed by atoms with E-state index in [1.807, 2.05) is 12.1 Å². The van der Waals surface area contributed by atoms with Gasteiger partial charge in [0.1, 0.15) is 16.8 Å². The average Bonchev–Trinajstić information content (AvgIpc) is 3.25. The molecule has 2 aromatic carbocycles. The maximum Gasteiger partial charge on any atom is 0.416 e. The predicted molar refractivity (Wildman–Crippen MR) is 123 cm³/mol. The number of anilines is 2. The van der Waals surface area contributed by atoms with Crippen LogP contribution in [0.5, 0.6) is 5.75 Å². The highest BCUT2D eigenvalue weighted by molar-refractivity contribution is 7.18. The zero-order valence-corrected chi connectivity index (χ0v) is 19.3. The molecule has 1 aromatic heterocycles. The van der Waals surface area contributed by atoms with E-state index in [1.165, 1.54) is 11.3 Å². The van der Waals surface area contributed by atoms with Gasteiger partial charge in [0.05, 0.1) is 12.7 Å². The van der Waals surface area contributed by atoms with Gasteiger partial charge in [-0.15, -0.1) is 10.2 Å². The number of amides is 3. The molecule has 1 atom stereocenters. The summed E-state index contributed by atoms with van der Waals surface area (Å²) in [6.07, 6.45) is -4.47. The molecular weight excluding hydrogens is 471 g/mol. The van der Waals surface area contributed by atoms with Crippen molar-refractivity contribution in [2.24, 2.45) is 5.92 Å². The first-order valence-electron chi connectivity index (χ1n) is 10.1. The number of nitrogens with one attached hydrogen (secondary N) is 3. The van der Waals surface area contributed by atoms with Crippen LogP contribution >= 0.6 is 11.3 Å². The van der Waals surface area contributed by atoms with Crippen molar-refractivity contribution >= 4 is 34.1 Å². The quantitative estimate of drug-likeness (QED) is 0.429. The first-order valence-corrected chi connectivity index (χ1v) is 10.9. The number of halogens is 3. The molecule has 8 nitrogen and oxygen atoms in total. The molecule has 180 valence electrons. The molecule has 3 amide bonds. The van der Waals surface area contributed by atoms with E-state index in [-0.39, 0.29) is 16.7 Å². The van der Waals surface area contributed by atoms with Gasteiger partial charge in [-0.2, -0.15) is 13.2 Å². The number of hydrogen-bond donors (Lipinski definition) is 3. The van der Waals surface area contributed by atoms with Crippen LogP contribution in [0.15, 0.2) is 48.5 Å². The minimum atomic E-state index is -4.47. The largest absolute Gasteiger partial charge is 0.497 e. The Labute approximate surface area is 197 Å². The number of hydrogen-bond acceptors (Lipinski definition) is 6. The smallest absolute Gasteiger partial charge is 0.416 e. The second-order valence-electron chi connectivity index (χ2n) is 7.53. The van der Waals surface area contributed by atoms with Crippen molar-refractivity contribution in [2.75, 3.05) is 17.7 Å². The number of aromatic nitrogens is 2. The van der Waals surface area contributed by atoms with Gasteiger partial charge in [0, 0.05) is 11.3 Å². The van der Waals surface area contributed by atoms with Gasteiger partial charge < -0.3 is 15.4 Å². The summed E-state index contributed by atoms with van der Waals surface area (Å²) < 4.78 is 43.2. The van der Waals surface area contributed by atoms with Crippen LogP contribution in [0.1, 0.15) is 19.4 Å². The molecule has 0 bridgehead atoms. The molecule has 1 unspecified atom stereocenters. The lowest BCUT2D eigenvalue weighted by molar-refractivity contribution is -0.137. The van der Waals surface area contributed by atoms with Gasteiger partial charge in [-0.3, -0.25) is 10.1 Å². The molecule has 0 aliphatic heterocycles. The van der Waals surface area contributed by atoms with Gasteiger partial charge in [0.15, 0.2) is 0 Å². The number of nitrogens with zero attached hydrogens (tertiary/aromatic N) is 2. The molecular formula is C22H22F3N5O3S. The predicted octanol–water partition coefficient (Wildman–Crippen LogP) is 5.02. The minimum Gasteiger partial charge on any atom is -0.497 e. The topological polar surface area (TPSA) is 105 Å². The van der Waals surface area contributed by atoms with Gasteiger partial charge in [0.2, 0.25) is 11.0 Å². The van der Waals surface area contributed by atoms with Gasteiger partial charge >= 0.3 is 12.2 Å². The highest BCUT2D eigenvalue weighted by atomic mass is 32.1. The van der Waals surface area contributed by atoms with Crippen molar-refractivity contribution in [3.8, 4) is 16.3 Å². The fraction of sp³-hybridized carbons (Fsp3) is 0.273. The molecule has 3 rings (SSSR count). The van der Waals surface area contributed by atoms with E-state index in [4.69, 9.17) is 4.74 Å². The summed E-state index contributed by atoms with van der Waals surface area (Å²) in [6.45, 7) is 3.48. The number of rotatable bonds is 7. The van der Waals surface area contributed by atoms with E-state index in [0.717, 1.165) is 29.8 Å². The van der Waals surface area contributed by atoms with Gasteiger partial charge in [0.25, 0.3) is 0 Å². The van der Waals surface area contributed by atoms with Crippen LogP contribution in [0.4, 0.5) is 28.8 Å². The van der Waals surface area contributed by atoms with Crippen LogP contribution in [0.25, 0.3) is 10.6 Å². The molecule has 12 heteroatoms. The molecule has 0 spiro atoms. The minimum absolute atomic E-state index is 0.154. The molecule has 0 aliphatic carbocycles. The standard InChI is InChI=1S/C22H22F3N5O3S/c1-12(2)17(27-20(32)26-15-8-6-14(7-9-15)22(23,24)25)18(31)28-21-30-29-19(34-21)13-4-10-16(33-3)11-5-13/h4-12,17H,1-3H3,(H2,26,27,32)(H,28,30,31). The molecule has 0 saturated carbocycles. The molecule has 3 N–H and O–H groups in total. The van der Waals surface area contributed by atoms with Crippen LogP contribution < -0.4 is 20.7 Å². The Balaban J connectivity index is 1.62. The van der Waals surface area contributed by atoms with Gasteiger partial charge in [-0.05, 0) is 54.4 Å². The summed E-state index contributed by atoms with van der Waals surface area (Å²) in [7, 11) is 1.57. The summed E-state index contributed by atoms with van der Waals surface area (Å²) in [4.78, 5) is 25.1. The van der Waals surface area contributed by atoms with Crippen LogP contribution in [0, 0.1) is 5.92 Å². The lowest BCUT2D eigenvalue weighted by Gasteiger charge is -2.21. The third-order valence-corrected chi connectivity index (χ3v) is 5.59. The van der Waals surface area contributed by atoms with E-state index in [9.17, 15) is 22.8 Å². The van der Waals surface area contributed by atoms with E-state index in [2.05, 4.69) is 26.1 Å². The summed E-state index contributed by atoms with van der Waals surface area (Å²) in [5.41, 5.74) is 0.124. The number of benzene rings is 2. The molecule has 0 saturated heterocycles. The Hall–Kier alpha value is -3.67. The van der Waals surface area contributed by atoms with Crippen molar-refractivity contribution in [1.82, 2.24) is 15.5 Å². The highest BCUT2D eigenvalue weighted by Crippen LogP contribution is 2.30. The Bertz CT molecular complexity index is 1130. The first-order chi connectivity index (χ1) is 16.1. The Morgan fingerprint density at radius 3 is 2.18 bits per heavy atom. The Morgan fingerprint density at radius 1 is 0.971 bits per heavy atom. The van der Waals surface area contributed by atoms with Crippen LogP contribution in [0.3, 0.4) is 0 Å². The number of carbonyl (C=O) groups is 2. The normalized spacial score (nSPS) is 12.2. The van der Waals surface area contributed by atoms with Gasteiger partial charge in [-0.1, -0.05) is 25.2 Å². The molecule has 0 fully saturated rings. The lowest BCUT2D eigenvalue weighted by atomic mass is 10.0. The van der Waals surface area contributed by atoms with E-state index >= 15 is 0 Å². The van der Waals surface area contributed by atoms with Crippen molar-refractivity contribution < 1.29 is 27.5 Å². The van der Waals surface area contributed by atoms with Crippen LogP contribution in [-0.2, 0) is 11.0 Å². The summed E-state index contributed by atoms with van der Waals surface area (Å²) >= 11 is 1.17. The van der Waals surface area contributed by atoms with Crippen molar-refractivity contribution in [1.29, 1.82) is 0 Å². The maximum absolute atomic E-state index is 12.8. The second kappa shape index (κ2) is 10.5. The molecule has 34 heavy (non-hydrogen) atoms. The average molecular weight is 494 g/mol. The lowest BCUT2D eigenvalue weighted by Crippen LogP contribution is -2.48. The highest BCUT2D eigenvalue weighted by Gasteiger charge is 2.30. The van der Waals surface area contributed by atoms with Crippen molar-refractivity contribution in [3.05, 3.63) is 54.1 Å². The molecule has 0 radical (unpaired) electrons. The third-order valence-electron chi connectivity index (χ3n) is 4.70. The summed E-state index contributed by atoms with van der Waals surface area (Å²) in [5, 5.41) is 16.5. The van der Waals surface area contributed by atoms with Crippen LogP contribution in [0.2, 0.25) is 0 Å². The van der Waals surface area contributed by atoms with Gasteiger partial charge in [-0.25, -0.2) is 4.79 Å². The first kappa shape index (κ1) is 25.0. The number of carbonyl (C=O) groups excluding carboxylic acids is 2. The van der Waals surface area contributed by atoms with Crippen molar-refractivity contribution in [2.45, 2.75) is 26.1 Å². The van der Waals surface area contributed by atoms with E-state index < -0.39 is 29.7 Å². The maximum atomic E-state index is 12.8. The monoisotopic (exact) mass is 493 g/mol.